The van der Waals surface area contributed by atoms with Crippen LogP contribution in [0.2, 0.25) is 0 Å². The number of fused-ring (bicyclic) bond motifs is 1. The summed E-state index contributed by atoms with van der Waals surface area (Å²) in [4.78, 5) is 11.7. The SMILES string of the molecule is COc1ccc(/C(=C/c2ccc3c(c2)OCO3)C(=O)O)cc1OC. The Bertz CT molecular complexity index is 809. The Balaban J connectivity index is 2.02. The molecule has 1 aliphatic heterocycles. The monoisotopic (exact) mass is 328 g/mol. The molecule has 0 aromatic heterocycles. The molecule has 0 unspecified atom stereocenters. The van der Waals surface area contributed by atoms with Gasteiger partial charge >= 0.3 is 5.97 Å². The molecule has 0 atom stereocenters. The number of carboxylic acids is 1. The van der Waals surface area contributed by atoms with Gasteiger partial charge in [-0.3, -0.25) is 0 Å². The van der Waals surface area contributed by atoms with E-state index in [2.05, 4.69) is 0 Å². The van der Waals surface area contributed by atoms with Gasteiger partial charge in [0.15, 0.2) is 23.0 Å². The predicted molar refractivity (Wildman–Crippen MR) is 87.6 cm³/mol. The Kier molecular flexibility index (Phi) is 4.29. The third-order valence-electron chi connectivity index (χ3n) is 3.63. The van der Waals surface area contributed by atoms with E-state index in [-0.39, 0.29) is 12.4 Å². The molecule has 0 saturated carbocycles. The van der Waals surface area contributed by atoms with Gasteiger partial charge in [0.25, 0.3) is 0 Å². The molecule has 0 radical (unpaired) electrons. The normalized spacial score (nSPS) is 12.8. The fraction of sp³-hybridized carbons (Fsp3) is 0.167. The largest absolute Gasteiger partial charge is 0.493 e. The molecule has 0 bridgehead atoms. The predicted octanol–water partition coefficient (Wildman–Crippen LogP) is 3.06. The zero-order valence-electron chi connectivity index (χ0n) is 13.2. The maximum absolute atomic E-state index is 11.7. The minimum absolute atomic E-state index is 0.134. The van der Waals surface area contributed by atoms with Gasteiger partial charge in [0.05, 0.1) is 19.8 Å². The summed E-state index contributed by atoms with van der Waals surface area (Å²) in [7, 11) is 3.03. The Labute approximate surface area is 138 Å². The zero-order chi connectivity index (χ0) is 17.1. The maximum Gasteiger partial charge on any atom is 0.336 e. The summed E-state index contributed by atoms with van der Waals surface area (Å²) in [5, 5.41) is 9.58. The van der Waals surface area contributed by atoms with Crippen LogP contribution in [0.3, 0.4) is 0 Å². The van der Waals surface area contributed by atoms with Crippen molar-refractivity contribution in [2.24, 2.45) is 0 Å². The van der Waals surface area contributed by atoms with Crippen molar-refractivity contribution in [2.45, 2.75) is 0 Å². The van der Waals surface area contributed by atoms with Gasteiger partial charge in [-0.15, -0.1) is 0 Å². The quantitative estimate of drug-likeness (QED) is 0.672. The van der Waals surface area contributed by atoms with Crippen LogP contribution in [0.15, 0.2) is 36.4 Å². The van der Waals surface area contributed by atoms with Crippen molar-refractivity contribution in [2.75, 3.05) is 21.0 Å². The number of hydrogen-bond acceptors (Lipinski definition) is 5. The zero-order valence-corrected chi connectivity index (χ0v) is 13.2. The van der Waals surface area contributed by atoms with Gasteiger partial charge < -0.3 is 24.1 Å². The summed E-state index contributed by atoms with van der Waals surface area (Å²) < 4.78 is 21.0. The third kappa shape index (κ3) is 2.99. The number of ether oxygens (including phenoxy) is 4. The number of benzene rings is 2. The van der Waals surface area contributed by atoms with Crippen molar-refractivity contribution in [3.63, 3.8) is 0 Å². The second kappa shape index (κ2) is 6.54. The molecule has 0 saturated heterocycles. The van der Waals surface area contributed by atoms with E-state index in [1.54, 1.807) is 42.5 Å². The first kappa shape index (κ1) is 15.7. The van der Waals surface area contributed by atoms with Crippen LogP contribution < -0.4 is 18.9 Å². The summed E-state index contributed by atoms with van der Waals surface area (Å²) in [6.07, 6.45) is 1.57. The smallest absolute Gasteiger partial charge is 0.336 e. The standard InChI is InChI=1S/C18H16O6/c1-21-14-6-4-12(9-16(14)22-2)13(18(19)20)7-11-3-5-15-17(8-11)24-10-23-15/h3-9H,10H2,1-2H3,(H,19,20)/b13-7-. The Hall–Kier alpha value is -3.15. The summed E-state index contributed by atoms with van der Waals surface area (Å²) in [6, 6.07) is 10.2. The van der Waals surface area contributed by atoms with Gasteiger partial charge in [0, 0.05) is 0 Å². The molecular weight excluding hydrogens is 312 g/mol. The highest BCUT2D eigenvalue weighted by Gasteiger charge is 2.16. The fourth-order valence-corrected chi connectivity index (χ4v) is 2.44. The summed E-state index contributed by atoms with van der Waals surface area (Å²) >= 11 is 0. The number of rotatable bonds is 5. The highest BCUT2D eigenvalue weighted by atomic mass is 16.7. The molecule has 1 heterocycles. The summed E-state index contributed by atoms with van der Waals surface area (Å²) in [6.45, 7) is 0.171. The topological polar surface area (TPSA) is 74.2 Å². The van der Waals surface area contributed by atoms with Crippen molar-refractivity contribution in [3.05, 3.63) is 47.5 Å². The lowest BCUT2D eigenvalue weighted by molar-refractivity contribution is -0.130. The second-order valence-electron chi connectivity index (χ2n) is 5.05. The summed E-state index contributed by atoms with van der Waals surface area (Å²) in [5.74, 6) is 1.21. The molecule has 6 heteroatoms. The molecule has 124 valence electrons. The van der Waals surface area contributed by atoms with Crippen LogP contribution in [0.4, 0.5) is 0 Å². The maximum atomic E-state index is 11.7. The lowest BCUT2D eigenvalue weighted by atomic mass is 10.0. The first-order valence-corrected chi connectivity index (χ1v) is 7.19. The van der Waals surface area contributed by atoms with Crippen LogP contribution in [0.1, 0.15) is 11.1 Å². The van der Waals surface area contributed by atoms with Gasteiger partial charge in [-0.25, -0.2) is 4.79 Å². The van der Waals surface area contributed by atoms with E-state index in [0.29, 0.717) is 34.1 Å². The molecule has 0 spiro atoms. The Morgan fingerprint density at radius 2 is 1.79 bits per heavy atom. The molecule has 2 aromatic carbocycles. The van der Waals surface area contributed by atoms with Gasteiger partial charge in [0.1, 0.15) is 0 Å². The number of aliphatic carboxylic acids is 1. The molecule has 1 N–H and O–H groups in total. The molecule has 6 nitrogen and oxygen atoms in total. The summed E-state index contributed by atoms with van der Waals surface area (Å²) in [5.41, 5.74) is 1.35. The molecule has 0 aliphatic carbocycles. The minimum atomic E-state index is -1.04. The average Bonchev–Trinajstić information content (AvgIpc) is 3.06. The molecule has 3 rings (SSSR count). The molecule has 0 fully saturated rings. The number of carboxylic acid groups (broad SMARTS) is 1. The lowest BCUT2D eigenvalue weighted by Crippen LogP contribution is -2.01. The van der Waals surface area contributed by atoms with Crippen molar-refractivity contribution >= 4 is 17.6 Å². The fourth-order valence-electron chi connectivity index (χ4n) is 2.44. The van der Waals surface area contributed by atoms with E-state index in [1.807, 2.05) is 0 Å². The van der Waals surface area contributed by atoms with Crippen molar-refractivity contribution in [1.29, 1.82) is 0 Å². The van der Waals surface area contributed by atoms with Gasteiger partial charge in [-0.05, 0) is 41.5 Å². The molecule has 1 aliphatic rings. The number of methoxy groups -OCH3 is 2. The highest BCUT2D eigenvalue weighted by molar-refractivity contribution is 6.20. The number of carbonyl (C=O) groups is 1. The van der Waals surface area contributed by atoms with Gasteiger partial charge in [0.2, 0.25) is 6.79 Å². The van der Waals surface area contributed by atoms with E-state index in [4.69, 9.17) is 18.9 Å². The van der Waals surface area contributed by atoms with Crippen LogP contribution in [0, 0.1) is 0 Å². The Morgan fingerprint density at radius 1 is 1.04 bits per heavy atom. The highest BCUT2D eigenvalue weighted by Crippen LogP contribution is 2.35. The van der Waals surface area contributed by atoms with E-state index in [0.717, 1.165) is 0 Å². The van der Waals surface area contributed by atoms with Crippen LogP contribution in [0.25, 0.3) is 11.6 Å². The molecule has 24 heavy (non-hydrogen) atoms. The first-order valence-electron chi connectivity index (χ1n) is 7.19. The van der Waals surface area contributed by atoms with Crippen LogP contribution in [-0.2, 0) is 4.79 Å². The van der Waals surface area contributed by atoms with Crippen molar-refractivity contribution in [3.8, 4) is 23.0 Å². The minimum Gasteiger partial charge on any atom is -0.493 e. The molecular formula is C18H16O6. The second-order valence-corrected chi connectivity index (χ2v) is 5.05. The van der Waals surface area contributed by atoms with Crippen molar-refractivity contribution < 1.29 is 28.8 Å². The molecule has 2 aromatic rings. The van der Waals surface area contributed by atoms with Crippen LogP contribution in [-0.4, -0.2) is 32.1 Å². The van der Waals surface area contributed by atoms with Crippen LogP contribution >= 0.6 is 0 Å². The van der Waals surface area contributed by atoms with Gasteiger partial charge in [-0.1, -0.05) is 12.1 Å². The van der Waals surface area contributed by atoms with E-state index < -0.39 is 5.97 Å². The van der Waals surface area contributed by atoms with E-state index >= 15 is 0 Å². The first-order chi connectivity index (χ1) is 11.6. The van der Waals surface area contributed by atoms with E-state index in [1.165, 1.54) is 14.2 Å². The van der Waals surface area contributed by atoms with E-state index in [9.17, 15) is 9.90 Å². The third-order valence-corrected chi connectivity index (χ3v) is 3.63. The average molecular weight is 328 g/mol. The van der Waals surface area contributed by atoms with Crippen molar-refractivity contribution in [1.82, 2.24) is 0 Å². The van der Waals surface area contributed by atoms with Gasteiger partial charge in [-0.2, -0.15) is 0 Å². The lowest BCUT2D eigenvalue weighted by Gasteiger charge is -2.10. The number of hydrogen-bond donors (Lipinski definition) is 1. The molecule has 0 amide bonds. The Morgan fingerprint density at radius 3 is 2.50 bits per heavy atom. The van der Waals surface area contributed by atoms with Crippen LogP contribution in [0.5, 0.6) is 23.0 Å².